The summed E-state index contributed by atoms with van der Waals surface area (Å²) in [6, 6.07) is 12.2. The molecule has 3 aromatic rings. The predicted molar refractivity (Wildman–Crippen MR) is 112 cm³/mol. The summed E-state index contributed by atoms with van der Waals surface area (Å²) in [5, 5.41) is 4.00. The number of aromatic nitrogens is 2. The highest BCUT2D eigenvalue weighted by atomic mass is 16.5. The van der Waals surface area contributed by atoms with Crippen molar-refractivity contribution >= 4 is 28.4 Å². The maximum atomic E-state index is 6.14. The number of anilines is 3. The number of nitrogens with two attached hydrogens (primary N) is 1. The number of hydrogen-bond donors (Lipinski definition) is 2. The minimum absolute atomic E-state index is 0.401. The van der Waals surface area contributed by atoms with Crippen LogP contribution in [0.5, 0.6) is 11.5 Å². The van der Waals surface area contributed by atoms with E-state index >= 15 is 0 Å². The molecule has 0 atom stereocenters. The molecular weight excluding hydrogens is 354 g/mol. The number of nitrogens with zero attached hydrogens (tertiary/aromatic N) is 3. The van der Waals surface area contributed by atoms with E-state index in [1.54, 1.807) is 20.3 Å². The van der Waals surface area contributed by atoms with Crippen LogP contribution in [0.2, 0.25) is 0 Å². The van der Waals surface area contributed by atoms with Crippen LogP contribution in [0.3, 0.4) is 0 Å². The van der Waals surface area contributed by atoms with Crippen molar-refractivity contribution in [3.63, 3.8) is 0 Å². The fraction of sp³-hybridized carbons (Fsp3) is 0.333. The van der Waals surface area contributed by atoms with Crippen LogP contribution in [0.4, 0.5) is 17.5 Å². The van der Waals surface area contributed by atoms with Crippen LogP contribution in [-0.2, 0) is 6.54 Å². The Morgan fingerprint density at radius 1 is 1.00 bits per heavy atom. The molecule has 1 aromatic heterocycles. The van der Waals surface area contributed by atoms with Crippen LogP contribution < -0.4 is 25.4 Å². The van der Waals surface area contributed by atoms with Gasteiger partial charge in [0, 0.05) is 36.8 Å². The summed E-state index contributed by atoms with van der Waals surface area (Å²) < 4.78 is 10.7. The summed E-state index contributed by atoms with van der Waals surface area (Å²) >= 11 is 0. The van der Waals surface area contributed by atoms with E-state index < -0.39 is 0 Å². The number of nitrogen functional groups attached to an aromatic ring is 1. The van der Waals surface area contributed by atoms with Gasteiger partial charge in [-0.05, 0) is 36.6 Å². The van der Waals surface area contributed by atoms with E-state index in [1.807, 2.05) is 6.07 Å². The summed E-state index contributed by atoms with van der Waals surface area (Å²) in [7, 11) is 3.19. The smallest absolute Gasteiger partial charge is 0.225 e. The van der Waals surface area contributed by atoms with Crippen molar-refractivity contribution < 1.29 is 9.47 Å². The van der Waals surface area contributed by atoms with Gasteiger partial charge in [0.25, 0.3) is 0 Å². The van der Waals surface area contributed by atoms with Crippen LogP contribution in [0.1, 0.15) is 18.4 Å². The second-order valence-electron chi connectivity index (χ2n) is 6.87. The fourth-order valence-corrected chi connectivity index (χ4v) is 3.54. The number of benzene rings is 2. The Bertz CT molecular complexity index is 969. The number of ether oxygens (including phenoxy) is 2. The Hall–Kier alpha value is -3.22. The first kappa shape index (κ1) is 18.2. The van der Waals surface area contributed by atoms with Crippen molar-refractivity contribution in [1.29, 1.82) is 0 Å². The Balaban J connectivity index is 1.51. The van der Waals surface area contributed by atoms with Gasteiger partial charge in [-0.25, -0.2) is 4.98 Å². The number of methoxy groups -OCH3 is 2. The molecule has 0 bridgehead atoms. The van der Waals surface area contributed by atoms with Crippen LogP contribution >= 0.6 is 0 Å². The maximum Gasteiger partial charge on any atom is 0.225 e. The molecule has 0 radical (unpaired) electrons. The minimum Gasteiger partial charge on any atom is -0.493 e. The molecule has 146 valence electrons. The van der Waals surface area contributed by atoms with Crippen molar-refractivity contribution in [3.8, 4) is 11.5 Å². The quantitative estimate of drug-likeness (QED) is 0.678. The topological polar surface area (TPSA) is 85.5 Å². The summed E-state index contributed by atoms with van der Waals surface area (Å²) in [6.45, 7) is 2.92. The molecular formula is C21H25N5O2. The molecule has 1 fully saturated rings. The van der Waals surface area contributed by atoms with Crippen LogP contribution in [0.15, 0.2) is 36.4 Å². The molecule has 28 heavy (non-hydrogen) atoms. The molecule has 4 rings (SSSR count). The van der Waals surface area contributed by atoms with Gasteiger partial charge in [0.05, 0.1) is 19.7 Å². The van der Waals surface area contributed by atoms with Crippen molar-refractivity contribution in [2.75, 3.05) is 43.3 Å². The van der Waals surface area contributed by atoms with Crippen molar-refractivity contribution in [2.24, 2.45) is 0 Å². The van der Waals surface area contributed by atoms with Gasteiger partial charge in [-0.3, -0.25) is 0 Å². The first-order valence-corrected chi connectivity index (χ1v) is 9.45. The molecule has 3 N–H and O–H groups in total. The monoisotopic (exact) mass is 379 g/mol. The third-order valence-corrected chi connectivity index (χ3v) is 5.09. The van der Waals surface area contributed by atoms with E-state index in [2.05, 4.69) is 44.5 Å². The Kier molecular flexibility index (Phi) is 5.06. The highest BCUT2D eigenvalue weighted by molar-refractivity contribution is 5.91. The maximum absolute atomic E-state index is 6.14. The molecule has 0 spiro atoms. The van der Waals surface area contributed by atoms with Crippen LogP contribution in [0.25, 0.3) is 10.9 Å². The lowest BCUT2D eigenvalue weighted by molar-refractivity contribution is 0.356. The number of rotatable bonds is 6. The summed E-state index contributed by atoms with van der Waals surface area (Å²) in [4.78, 5) is 11.4. The fourth-order valence-electron chi connectivity index (χ4n) is 3.54. The molecule has 7 nitrogen and oxygen atoms in total. The molecule has 0 amide bonds. The molecule has 1 aliphatic heterocycles. The van der Waals surface area contributed by atoms with E-state index in [1.165, 1.54) is 18.5 Å². The second kappa shape index (κ2) is 7.80. The SMILES string of the molecule is COc1cc2nc(NCc3ccc(N4CCCC4)cc3)nc(N)c2cc1OC. The van der Waals surface area contributed by atoms with Gasteiger partial charge in [-0.15, -0.1) is 0 Å². The second-order valence-corrected chi connectivity index (χ2v) is 6.87. The van der Waals surface area contributed by atoms with Gasteiger partial charge in [0.2, 0.25) is 5.95 Å². The standard InChI is InChI=1S/C21H25N5O2/c1-27-18-11-16-17(12-19(18)28-2)24-21(25-20(16)22)23-13-14-5-7-15(8-6-14)26-9-3-4-10-26/h5-8,11-12H,3-4,9-10,13H2,1-2H3,(H3,22,23,24,25). The zero-order valence-corrected chi connectivity index (χ0v) is 16.2. The van der Waals surface area contributed by atoms with Gasteiger partial charge < -0.3 is 25.4 Å². The molecule has 0 unspecified atom stereocenters. The number of fused-ring (bicyclic) bond motifs is 1. The Morgan fingerprint density at radius 2 is 1.68 bits per heavy atom. The van der Waals surface area contributed by atoms with E-state index in [-0.39, 0.29) is 0 Å². The lowest BCUT2D eigenvalue weighted by Crippen LogP contribution is -2.17. The molecule has 0 saturated carbocycles. The summed E-state index contributed by atoms with van der Waals surface area (Å²) in [5.41, 5.74) is 9.29. The van der Waals surface area contributed by atoms with Crippen LogP contribution in [0, 0.1) is 0 Å². The third-order valence-electron chi connectivity index (χ3n) is 5.09. The summed E-state index contributed by atoms with van der Waals surface area (Å²) in [5.74, 6) is 2.10. The third kappa shape index (κ3) is 3.60. The molecule has 0 aliphatic carbocycles. The highest BCUT2D eigenvalue weighted by Crippen LogP contribution is 2.33. The van der Waals surface area contributed by atoms with Gasteiger partial charge >= 0.3 is 0 Å². The average Bonchev–Trinajstić information content (AvgIpc) is 3.26. The largest absolute Gasteiger partial charge is 0.493 e. The molecule has 2 aromatic carbocycles. The van der Waals surface area contributed by atoms with Crippen molar-refractivity contribution in [1.82, 2.24) is 9.97 Å². The zero-order chi connectivity index (χ0) is 19.5. The molecule has 1 aliphatic rings. The van der Waals surface area contributed by atoms with E-state index in [0.29, 0.717) is 35.3 Å². The first-order valence-electron chi connectivity index (χ1n) is 9.45. The number of nitrogens with one attached hydrogen (secondary N) is 1. The Labute approximate surface area is 164 Å². The molecule has 1 saturated heterocycles. The van der Waals surface area contributed by atoms with E-state index in [9.17, 15) is 0 Å². The van der Waals surface area contributed by atoms with E-state index in [4.69, 9.17) is 15.2 Å². The van der Waals surface area contributed by atoms with E-state index in [0.717, 1.165) is 24.0 Å². The normalized spacial score (nSPS) is 13.7. The molecule has 2 heterocycles. The van der Waals surface area contributed by atoms with Gasteiger partial charge in [-0.2, -0.15) is 4.98 Å². The minimum atomic E-state index is 0.401. The first-order chi connectivity index (χ1) is 13.7. The average molecular weight is 379 g/mol. The van der Waals surface area contributed by atoms with Gasteiger partial charge in [-0.1, -0.05) is 12.1 Å². The summed E-state index contributed by atoms with van der Waals surface area (Å²) in [6.07, 6.45) is 2.56. The number of hydrogen-bond acceptors (Lipinski definition) is 7. The zero-order valence-electron chi connectivity index (χ0n) is 16.2. The lowest BCUT2D eigenvalue weighted by Gasteiger charge is -2.17. The van der Waals surface area contributed by atoms with Crippen molar-refractivity contribution in [2.45, 2.75) is 19.4 Å². The predicted octanol–water partition coefficient (Wildman–Crippen LogP) is 3.44. The van der Waals surface area contributed by atoms with Crippen LogP contribution in [-0.4, -0.2) is 37.3 Å². The Morgan fingerprint density at radius 3 is 2.36 bits per heavy atom. The van der Waals surface area contributed by atoms with Gasteiger partial charge in [0.15, 0.2) is 11.5 Å². The lowest BCUT2D eigenvalue weighted by atomic mass is 10.2. The molecule has 7 heteroatoms. The highest BCUT2D eigenvalue weighted by Gasteiger charge is 2.13. The van der Waals surface area contributed by atoms with Crippen molar-refractivity contribution in [3.05, 3.63) is 42.0 Å². The van der Waals surface area contributed by atoms with Gasteiger partial charge in [0.1, 0.15) is 5.82 Å².